The smallest absolute Gasteiger partial charge is 0.127 e. The Labute approximate surface area is 86.4 Å². The third kappa shape index (κ3) is 1.18. The van der Waals surface area contributed by atoms with Gasteiger partial charge in [-0.05, 0) is 19.3 Å². The van der Waals surface area contributed by atoms with E-state index in [1.807, 2.05) is 35.5 Å². The summed E-state index contributed by atoms with van der Waals surface area (Å²) in [7, 11) is 1.94. The van der Waals surface area contributed by atoms with Crippen LogP contribution in [0.3, 0.4) is 0 Å². The van der Waals surface area contributed by atoms with Gasteiger partial charge in [-0.2, -0.15) is 5.10 Å². The minimum Gasteiger partial charge on any atom is -0.275 e. The standard InChI is InChI=1S/C10H11N3S/c1-13-6-7(5-11-13)10-12-8-3-2-4-9(8)14-10/h5-6H,2-4H2,1H3. The molecule has 0 aliphatic heterocycles. The van der Waals surface area contributed by atoms with Gasteiger partial charge >= 0.3 is 0 Å². The summed E-state index contributed by atoms with van der Waals surface area (Å²) >= 11 is 1.82. The molecule has 0 amide bonds. The molecular weight excluding hydrogens is 194 g/mol. The van der Waals surface area contributed by atoms with Crippen LogP contribution in [-0.2, 0) is 19.9 Å². The van der Waals surface area contributed by atoms with Crippen LogP contribution >= 0.6 is 11.3 Å². The van der Waals surface area contributed by atoms with Crippen molar-refractivity contribution in [1.82, 2.24) is 14.8 Å². The molecule has 14 heavy (non-hydrogen) atoms. The first-order valence-corrected chi connectivity index (χ1v) is 5.62. The van der Waals surface area contributed by atoms with Crippen molar-refractivity contribution in [3.63, 3.8) is 0 Å². The van der Waals surface area contributed by atoms with E-state index in [1.165, 1.54) is 23.4 Å². The fourth-order valence-corrected chi connectivity index (χ4v) is 2.97. The second kappa shape index (κ2) is 2.92. The first kappa shape index (κ1) is 8.17. The van der Waals surface area contributed by atoms with Crippen LogP contribution in [0.1, 0.15) is 17.0 Å². The molecule has 4 heteroatoms. The molecule has 0 fully saturated rings. The molecule has 0 radical (unpaired) electrons. The van der Waals surface area contributed by atoms with E-state index in [0.29, 0.717) is 0 Å². The normalized spacial score (nSPS) is 14.6. The Morgan fingerprint density at radius 2 is 2.36 bits per heavy atom. The highest BCUT2D eigenvalue weighted by Gasteiger charge is 2.17. The Kier molecular flexibility index (Phi) is 1.70. The molecule has 2 aromatic heterocycles. The van der Waals surface area contributed by atoms with Crippen LogP contribution in [0.2, 0.25) is 0 Å². The van der Waals surface area contributed by atoms with Crippen molar-refractivity contribution in [2.75, 3.05) is 0 Å². The molecular formula is C10H11N3S. The molecule has 1 aliphatic carbocycles. The molecule has 2 aromatic rings. The molecule has 0 saturated carbocycles. The maximum atomic E-state index is 4.64. The number of nitrogens with zero attached hydrogens (tertiary/aromatic N) is 3. The largest absolute Gasteiger partial charge is 0.275 e. The molecule has 2 heterocycles. The third-order valence-corrected chi connectivity index (χ3v) is 3.75. The molecule has 0 spiro atoms. The van der Waals surface area contributed by atoms with Crippen LogP contribution in [0.5, 0.6) is 0 Å². The van der Waals surface area contributed by atoms with Crippen LogP contribution in [0.25, 0.3) is 10.6 Å². The number of hydrogen-bond acceptors (Lipinski definition) is 3. The summed E-state index contributed by atoms with van der Waals surface area (Å²) < 4.78 is 1.82. The predicted molar refractivity (Wildman–Crippen MR) is 56.3 cm³/mol. The zero-order chi connectivity index (χ0) is 9.54. The lowest BCUT2D eigenvalue weighted by Crippen LogP contribution is -1.84. The van der Waals surface area contributed by atoms with Gasteiger partial charge in [0.05, 0.1) is 11.9 Å². The molecule has 0 bridgehead atoms. The van der Waals surface area contributed by atoms with Crippen molar-refractivity contribution in [3.05, 3.63) is 23.0 Å². The molecule has 72 valence electrons. The Bertz CT molecular complexity index is 448. The Morgan fingerprint density at radius 3 is 3.07 bits per heavy atom. The number of hydrogen-bond donors (Lipinski definition) is 0. The van der Waals surface area contributed by atoms with Crippen molar-refractivity contribution in [2.45, 2.75) is 19.3 Å². The lowest BCUT2D eigenvalue weighted by atomic mass is 10.3. The highest BCUT2D eigenvalue weighted by Crippen LogP contribution is 2.32. The SMILES string of the molecule is Cn1cc(-c2nc3c(s2)CCC3)cn1. The quantitative estimate of drug-likeness (QED) is 0.713. The number of thiazole rings is 1. The predicted octanol–water partition coefficient (Wildman–Crippen LogP) is 2.03. The van der Waals surface area contributed by atoms with E-state index >= 15 is 0 Å². The first-order chi connectivity index (χ1) is 6.83. The fourth-order valence-electron chi connectivity index (χ4n) is 1.85. The topological polar surface area (TPSA) is 30.7 Å². The summed E-state index contributed by atoms with van der Waals surface area (Å²) in [6, 6.07) is 0. The number of rotatable bonds is 1. The summed E-state index contributed by atoms with van der Waals surface area (Å²) in [5.74, 6) is 0. The molecule has 0 saturated heterocycles. The summed E-state index contributed by atoms with van der Waals surface area (Å²) in [6.07, 6.45) is 7.56. The molecule has 0 aromatic carbocycles. The van der Waals surface area contributed by atoms with E-state index in [2.05, 4.69) is 10.1 Å². The average Bonchev–Trinajstić information content (AvgIpc) is 2.75. The molecule has 0 N–H and O–H groups in total. The second-order valence-electron chi connectivity index (χ2n) is 3.65. The van der Waals surface area contributed by atoms with E-state index in [4.69, 9.17) is 0 Å². The number of fused-ring (bicyclic) bond motifs is 1. The van der Waals surface area contributed by atoms with E-state index in [-0.39, 0.29) is 0 Å². The van der Waals surface area contributed by atoms with Crippen LogP contribution in [-0.4, -0.2) is 14.8 Å². The first-order valence-electron chi connectivity index (χ1n) is 4.80. The maximum absolute atomic E-state index is 4.64. The van der Waals surface area contributed by atoms with Crippen LogP contribution in [0, 0.1) is 0 Å². The van der Waals surface area contributed by atoms with Gasteiger partial charge in [-0.1, -0.05) is 0 Å². The van der Waals surface area contributed by atoms with Gasteiger partial charge in [-0.3, -0.25) is 4.68 Å². The Morgan fingerprint density at radius 1 is 1.43 bits per heavy atom. The van der Waals surface area contributed by atoms with Gasteiger partial charge < -0.3 is 0 Å². The van der Waals surface area contributed by atoms with Gasteiger partial charge in [0.15, 0.2) is 0 Å². The van der Waals surface area contributed by atoms with Crippen LogP contribution in [0.4, 0.5) is 0 Å². The van der Waals surface area contributed by atoms with Crippen molar-refractivity contribution in [1.29, 1.82) is 0 Å². The van der Waals surface area contributed by atoms with Gasteiger partial charge in [0.25, 0.3) is 0 Å². The van der Waals surface area contributed by atoms with E-state index in [9.17, 15) is 0 Å². The zero-order valence-electron chi connectivity index (χ0n) is 8.03. The molecule has 3 rings (SSSR count). The lowest BCUT2D eigenvalue weighted by Gasteiger charge is -1.88. The highest BCUT2D eigenvalue weighted by atomic mass is 32.1. The Hall–Kier alpha value is -1.16. The molecule has 0 atom stereocenters. The maximum Gasteiger partial charge on any atom is 0.127 e. The second-order valence-corrected chi connectivity index (χ2v) is 4.73. The van der Waals surface area contributed by atoms with E-state index in [1.54, 1.807) is 0 Å². The minimum absolute atomic E-state index is 1.13. The summed E-state index contributed by atoms with van der Waals surface area (Å²) in [4.78, 5) is 6.12. The lowest BCUT2D eigenvalue weighted by molar-refractivity contribution is 0.768. The van der Waals surface area contributed by atoms with E-state index < -0.39 is 0 Å². The van der Waals surface area contributed by atoms with Crippen LogP contribution in [0.15, 0.2) is 12.4 Å². The molecule has 1 aliphatic rings. The summed E-state index contributed by atoms with van der Waals surface area (Å²) in [5, 5.41) is 5.29. The van der Waals surface area contributed by atoms with E-state index in [0.717, 1.165) is 17.0 Å². The van der Waals surface area contributed by atoms with Crippen molar-refractivity contribution in [2.24, 2.45) is 7.05 Å². The highest BCUT2D eigenvalue weighted by molar-refractivity contribution is 7.15. The minimum atomic E-state index is 1.13. The van der Waals surface area contributed by atoms with Gasteiger partial charge in [-0.25, -0.2) is 4.98 Å². The van der Waals surface area contributed by atoms with Crippen molar-refractivity contribution in [3.8, 4) is 10.6 Å². The third-order valence-electron chi connectivity index (χ3n) is 2.55. The molecule has 3 nitrogen and oxygen atoms in total. The van der Waals surface area contributed by atoms with Crippen molar-refractivity contribution >= 4 is 11.3 Å². The van der Waals surface area contributed by atoms with Gasteiger partial charge in [0.2, 0.25) is 0 Å². The van der Waals surface area contributed by atoms with Gasteiger partial charge in [0, 0.05) is 23.7 Å². The molecule has 0 unspecified atom stereocenters. The monoisotopic (exact) mass is 205 g/mol. The van der Waals surface area contributed by atoms with Gasteiger partial charge in [-0.15, -0.1) is 11.3 Å². The van der Waals surface area contributed by atoms with Crippen LogP contribution < -0.4 is 0 Å². The van der Waals surface area contributed by atoms with Crippen molar-refractivity contribution < 1.29 is 0 Å². The average molecular weight is 205 g/mol. The zero-order valence-corrected chi connectivity index (χ0v) is 8.84. The summed E-state index contributed by atoms with van der Waals surface area (Å²) in [5.41, 5.74) is 2.46. The summed E-state index contributed by atoms with van der Waals surface area (Å²) in [6.45, 7) is 0. The Balaban J connectivity index is 2.05. The van der Waals surface area contributed by atoms with Gasteiger partial charge in [0.1, 0.15) is 5.01 Å². The fraction of sp³-hybridized carbons (Fsp3) is 0.400. The number of aryl methyl sites for hydroxylation is 3. The number of aromatic nitrogens is 3.